The van der Waals surface area contributed by atoms with Gasteiger partial charge in [-0.15, -0.1) is 11.6 Å². The molecule has 0 fully saturated rings. The lowest BCUT2D eigenvalue weighted by Gasteiger charge is -2.06. The zero-order valence-electron chi connectivity index (χ0n) is 8.65. The van der Waals surface area contributed by atoms with Gasteiger partial charge in [-0.2, -0.15) is 5.26 Å². The van der Waals surface area contributed by atoms with Crippen LogP contribution in [-0.4, -0.2) is 0 Å². The lowest BCUT2D eigenvalue weighted by molar-refractivity contribution is 1.39. The molecule has 16 heavy (non-hydrogen) atoms. The summed E-state index contributed by atoms with van der Waals surface area (Å²) in [5, 5.41) is 8.73. The molecule has 0 bridgehead atoms. The second kappa shape index (κ2) is 4.83. The first-order valence-electron chi connectivity index (χ1n) is 4.99. The van der Waals surface area contributed by atoms with E-state index in [1.807, 2.05) is 48.5 Å². The van der Waals surface area contributed by atoms with Crippen LogP contribution in [0.2, 0.25) is 0 Å². The van der Waals surface area contributed by atoms with E-state index in [1.165, 1.54) is 0 Å². The van der Waals surface area contributed by atoms with Gasteiger partial charge in [0, 0.05) is 5.88 Å². The van der Waals surface area contributed by atoms with Gasteiger partial charge in [-0.3, -0.25) is 0 Å². The molecule has 0 unspecified atom stereocenters. The molecule has 0 spiro atoms. The van der Waals surface area contributed by atoms with Gasteiger partial charge < -0.3 is 0 Å². The molecule has 78 valence electrons. The molecule has 2 aromatic carbocycles. The van der Waals surface area contributed by atoms with Gasteiger partial charge in [0.05, 0.1) is 11.6 Å². The highest BCUT2D eigenvalue weighted by atomic mass is 35.5. The van der Waals surface area contributed by atoms with Crippen LogP contribution < -0.4 is 0 Å². The van der Waals surface area contributed by atoms with Crippen molar-refractivity contribution in [3.05, 3.63) is 59.7 Å². The van der Waals surface area contributed by atoms with E-state index in [1.54, 1.807) is 0 Å². The molecule has 0 aliphatic rings. The predicted molar refractivity (Wildman–Crippen MR) is 66.2 cm³/mol. The monoisotopic (exact) mass is 227 g/mol. The van der Waals surface area contributed by atoms with E-state index in [0.29, 0.717) is 11.4 Å². The number of benzene rings is 2. The molecule has 1 nitrogen and oxygen atoms in total. The maximum atomic E-state index is 8.73. The number of hydrogen-bond acceptors (Lipinski definition) is 1. The van der Waals surface area contributed by atoms with Gasteiger partial charge in [-0.1, -0.05) is 36.4 Å². The molecule has 0 atom stereocenters. The normalized spacial score (nSPS) is 9.75. The minimum atomic E-state index is 0.496. The lowest BCUT2D eigenvalue weighted by atomic mass is 10.00. The molecular formula is C14H10ClN. The summed E-state index contributed by atoms with van der Waals surface area (Å²) in [6, 6.07) is 17.7. The van der Waals surface area contributed by atoms with Crippen molar-refractivity contribution >= 4 is 11.6 Å². The van der Waals surface area contributed by atoms with Crippen molar-refractivity contribution in [2.24, 2.45) is 0 Å². The highest BCUT2D eigenvalue weighted by Crippen LogP contribution is 2.24. The fourth-order valence-electron chi connectivity index (χ4n) is 1.64. The summed E-state index contributed by atoms with van der Waals surface area (Å²) in [6.45, 7) is 0. The van der Waals surface area contributed by atoms with Crippen LogP contribution in [0, 0.1) is 11.3 Å². The first-order chi connectivity index (χ1) is 7.85. The fourth-order valence-corrected chi connectivity index (χ4v) is 1.88. The molecule has 0 saturated carbocycles. The molecule has 2 rings (SSSR count). The average molecular weight is 228 g/mol. The Morgan fingerprint density at radius 1 is 1.00 bits per heavy atom. The van der Waals surface area contributed by atoms with Crippen molar-refractivity contribution in [1.82, 2.24) is 0 Å². The Hall–Kier alpha value is -1.78. The van der Waals surface area contributed by atoms with Gasteiger partial charge in [-0.05, 0) is 28.8 Å². The molecule has 0 amide bonds. The number of nitriles is 1. The molecule has 2 aromatic rings. The van der Waals surface area contributed by atoms with E-state index in [0.717, 1.165) is 16.7 Å². The summed E-state index contributed by atoms with van der Waals surface area (Å²) >= 11 is 5.89. The van der Waals surface area contributed by atoms with E-state index in [-0.39, 0.29) is 0 Å². The third-order valence-electron chi connectivity index (χ3n) is 2.49. The molecule has 2 heteroatoms. The molecule has 0 aliphatic carbocycles. The number of alkyl halides is 1. The number of rotatable bonds is 2. The molecule has 0 aromatic heterocycles. The zero-order chi connectivity index (χ0) is 11.4. The summed E-state index contributed by atoms with van der Waals surface area (Å²) in [5.41, 5.74) is 4.00. The maximum absolute atomic E-state index is 8.73. The average Bonchev–Trinajstić information content (AvgIpc) is 2.39. The van der Waals surface area contributed by atoms with Crippen molar-refractivity contribution in [3.8, 4) is 17.2 Å². The SMILES string of the molecule is N#Cc1ccc(-c2ccccc2CCl)cc1. The van der Waals surface area contributed by atoms with Crippen molar-refractivity contribution in [2.45, 2.75) is 5.88 Å². The first kappa shape index (κ1) is 10.7. The van der Waals surface area contributed by atoms with Crippen LogP contribution in [0.3, 0.4) is 0 Å². The lowest BCUT2D eigenvalue weighted by Crippen LogP contribution is -1.85. The number of nitrogens with zero attached hydrogens (tertiary/aromatic N) is 1. The third-order valence-corrected chi connectivity index (χ3v) is 2.77. The van der Waals surface area contributed by atoms with Crippen LogP contribution in [0.1, 0.15) is 11.1 Å². The highest BCUT2D eigenvalue weighted by molar-refractivity contribution is 6.17. The first-order valence-corrected chi connectivity index (χ1v) is 5.53. The summed E-state index contributed by atoms with van der Waals surface area (Å²) in [4.78, 5) is 0. The van der Waals surface area contributed by atoms with Gasteiger partial charge in [-0.25, -0.2) is 0 Å². The predicted octanol–water partition coefficient (Wildman–Crippen LogP) is 3.96. The van der Waals surface area contributed by atoms with Crippen LogP contribution in [0.25, 0.3) is 11.1 Å². The van der Waals surface area contributed by atoms with E-state index in [2.05, 4.69) is 6.07 Å². The minimum absolute atomic E-state index is 0.496. The topological polar surface area (TPSA) is 23.8 Å². The Morgan fingerprint density at radius 3 is 2.31 bits per heavy atom. The summed E-state index contributed by atoms with van der Waals surface area (Å²) in [7, 11) is 0. The van der Waals surface area contributed by atoms with Crippen molar-refractivity contribution in [3.63, 3.8) is 0 Å². The molecule has 0 N–H and O–H groups in total. The van der Waals surface area contributed by atoms with E-state index in [4.69, 9.17) is 16.9 Å². The summed E-state index contributed by atoms with van der Waals surface area (Å²) in [6.07, 6.45) is 0. The van der Waals surface area contributed by atoms with Crippen LogP contribution in [0.15, 0.2) is 48.5 Å². The van der Waals surface area contributed by atoms with Crippen LogP contribution in [0.5, 0.6) is 0 Å². The Bertz CT molecular complexity index is 523. The van der Waals surface area contributed by atoms with E-state index in [9.17, 15) is 0 Å². The van der Waals surface area contributed by atoms with Gasteiger partial charge in [0.15, 0.2) is 0 Å². The Balaban J connectivity index is 2.47. The highest BCUT2D eigenvalue weighted by Gasteiger charge is 2.02. The van der Waals surface area contributed by atoms with Gasteiger partial charge in [0.1, 0.15) is 0 Å². The van der Waals surface area contributed by atoms with E-state index < -0.39 is 0 Å². The summed E-state index contributed by atoms with van der Waals surface area (Å²) < 4.78 is 0. The van der Waals surface area contributed by atoms with Crippen molar-refractivity contribution < 1.29 is 0 Å². The standard InChI is InChI=1S/C14H10ClN/c15-9-13-3-1-2-4-14(13)12-7-5-11(10-16)6-8-12/h1-8H,9H2. The summed E-state index contributed by atoms with van der Waals surface area (Å²) in [5.74, 6) is 0.496. The van der Waals surface area contributed by atoms with Crippen LogP contribution in [0.4, 0.5) is 0 Å². The largest absolute Gasteiger partial charge is 0.192 e. The quantitative estimate of drug-likeness (QED) is 0.713. The van der Waals surface area contributed by atoms with E-state index >= 15 is 0 Å². The van der Waals surface area contributed by atoms with Crippen molar-refractivity contribution in [2.75, 3.05) is 0 Å². The van der Waals surface area contributed by atoms with Crippen molar-refractivity contribution in [1.29, 1.82) is 5.26 Å². The smallest absolute Gasteiger partial charge is 0.0991 e. The number of halogens is 1. The Morgan fingerprint density at radius 2 is 1.69 bits per heavy atom. The maximum Gasteiger partial charge on any atom is 0.0991 e. The molecule has 0 radical (unpaired) electrons. The van der Waals surface area contributed by atoms with Crippen LogP contribution in [-0.2, 0) is 5.88 Å². The van der Waals surface area contributed by atoms with Gasteiger partial charge in [0.25, 0.3) is 0 Å². The third kappa shape index (κ3) is 2.08. The molecular weight excluding hydrogens is 218 g/mol. The second-order valence-electron chi connectivity index (χ2n) is 3.48. The second-order valence-corrected chi connectivity index (χ2v) is 3.75. The molecule has 0 saturated heterocycles. The van der Waals surface area contributed by atoms with Gasteiger partial charge in [0.2, 0.25) is 0 Å². The van der Waals surface area contributed by atoms with Gasteiger partial charge >= 0.3 is 0 Å². The Kier molecular flexibility index (Phi) is 3.24. The Labute approximate surface area is 99.9 Å². The molecule has 0 heterocycles. The van der Waals surface area contributed by atoms with Crippen LogP contribution >= 0.6 is 11.6 Å². The minimum Gasteiger partial charge on any atom is -0.192 e. The fraction of sp³-hybridized carbons (Fsp3) is 0.0714. The molecule has 0 aliphatic heterocycles. The zero-order valence-corrected chi connectivity index (χ0v) is 9.41. The number of hydrogen-bond donors (Lipinski definition) is 0.